The van der Waals surface area contributed by atoms with Gasteiger partial charge in [-0.25, -0.2) is 14.5 Å². The lowest BCUT2D eigenvalue weighted by atomic mass is 10.1. The van der Waals surface area contributed by atoms with Crippen LogP contribution in [0, 0.1) is 0 Å². The maximum atomic E-state index is 5.30. The van der Waals surface area contributed by atoms with Gasteiger partial charge >= 0.3 is 0 Å². The molecule has 166 valence electrons. The molecule has 0 amide bonds. The zero-order valence-electron chi connectivity index (χ0n) is 18.3. The number of nitrogens with zero attached hydrogens (tertiary/aromatic N) is 6. The third-order valence-corrected chi connectivity index (χ3v) is 5.44. The molecule has 0 spiro atoms. The molecule has 0 saturated carbocycles. The quantitative estimate of drug-likeness (QED) is 0.392. The Morgan fingerprint density at radius 2 is 1.48 bits per heavy atom. The summed E-state index contributed by atoms with van der Waals surface area (Å²) in [6.07, 6.45) is 6.91. The van der Waals surface area contributed by atoms with Crippen molar-refractivity contribution in [1.82, 2.24) is 29.8 Å². The number of fused-ring (bicyclic) bond motifs is 1. The molecule has 1 N–H and O–H groups in total. The van der Waals surface area contributed by atoms with Crippen LogP contribution >= 0.6 is 0 Å². The van der Waals surface area contributed by atoms with Gasteiger partial charge in [0.2, 0.25) is 0 Å². The van der Waals surface area contributed by atoms with Crippen molar-refractivity contribution < 1.29 is 9.47 Å². The molecule has 5 aromatic rings. The second kappa shape index (κ2) is 8.99. The summed E-state index contributed by atoms with van der Waals surface area (Å²) in [6.45, 7) is 1.27. The van der Waals surface area contributed by atoms with E-state index in [1.807, 2.05) is 30.5 Å². The van der Waals surface area contributed by atoms with E-state index in [1.54, 1.807) is 37.5 Å². The smallest absolute Gasteiger partial charge is 0.197 e. The van der Waals surface area contributed by atoms with E-state index in [0.717, 1.165) is 39.7 Å². The zero-order valence-corrected chi connectivity index (χ0v) is 18.3. The third kappa shape index (κ3) is 4.20. The second-order valence-corrected chi connectivity index (χ2v) is 7.50. The summed E-state index contributed by atoms with van der Waals surface area (Å²) in [4.78, 5) is 11.5. The number of nitrogens with one attached hydrogen (secondary N) is 1. The van der Waals surface area contributed by atoms with Crippen molar-refractivity contribution in [3.8, 4) is 22.8 Å². The Morgan fingerprint density at radius 1 is 0.848 bits per heavy atom. The van der Waals surface area contributed by atoms with Crippen LogP contribution in [0.15, 0.2) is 73.4 Å². The molecule has 0 aliphatic heterocycles. The maximum absolute atomic E-state index is 5.30. The van der Waals surface area contributed by atoms with Crippen molar-refractivity contribution in [1.29, 1.82) is 0 Å². The fourth-order valence-corrected chi connectivity index (χ4v) is 3.72. The molecule has 2 aromatic carbocycles. The normalized spacial score (nSPS) is 11.0. The molecule has 0 saturated heterocycles. The van der Waals surface area contributed by atoms with Crippen LogP contribution < -0.4 is 14.4 Å². The second-order valence-electron chi connectivity index (χ2n) is 7.50. The summed E-state index contributed by atoms with van der Waals surface area (Å²) in [5.74, 6) is 2.39. The highest BCUT2D eigenvalue weighted by Gasteiger charge is 2.18. The summed E-state index contributed by atoms with van der Waals surface area (Å²) in [6, 6.07) is 16.1. The van der Waals surface area contributed by atoms with E-state index in [2.05, 4.69) is 54.4 Å². The molecule has 0 aliphatic rings. The van der Waals surface area contributed by atoms with Crippen molar-refractivity contribution in [2.45, 2.75) is 13.1 Å². The number of H-pyrrole nitrogens is 1. The van der Waals surface area contributed by atoms with Crippen LogP contribution in [0.5, 0.6) is 11.5 Å². The largest absolute Gasteiger partial charge is 0.497 e. The number of ether oxygens (including phenoxy) is 2. The Morgan fingerprint density at radius 3 is 2.03 bits per heavy atom. The predicted octanol–water partition coefficient (Wildman–Crippen LogP) is 3.74. The molecule has 0 fully saturated rings. The standard InChI is InChI=1S/C24H23N7O2/c1-32-20-7-3-17(4-8-20)14-30(15-18-5-9-21(33-2)10-6-18)23-24-25-13-22(19-11-27-28-12-19)31(24)29-16-26-23/h3-13,16H,14-15H2,1-2H3,(H,27,28). The number of aromatic amines is 1. The van der Waals surface area contributed by atoms with Crippen molar-refractivity contribution in [3.05, 3.63) is 84.6 Å². The Hall–Kier alpha value is -4.40. The molecule has 9 heteroatoms. The molecule has 5 rings (SSSR count). The Labute approximate surface area is 190 Å². The van der Waals surface area contributed by atoms with Crippen molar-refractivity contribution >= 4 is 11.5 Å². The van der Waals surface area contributed by atoms with Gasteiger partial charge in [0.25, 0.3) is 0 Å². The molecule has 9 nitrogen and oxygen atoms in total. The highest BCUT2D eigenvalue weighted by Crippen LogP contribution is 2.26. The summed E-state index contributed by atoms with van der Waals surface area (Å²) in [5.41, 5.74) is 4.68. The van der Waals surface area contributed by atoms with Gasteiger partial charge < -0.3 is 14.4 Å². The zero-order chi connectivity index (χ0) is 22.6. The van der Waals surface area contributed by atoms with Crippen LogP contribution in [-0.4, -0.2) is 44.0 Å². The highest BCUT2D eigenvalue weighted by atomic mass is 16.5. The number of rotatable bonds is 8. The Balaban J connectivity index is 1.54. The van der Waals surface area contributed by atoms with E-state index >= 15 is 0 Å². The van der Waals surface area contributed by atoms with E-state index in [1.165, 1.54) is 0 Å². The lowest BCUT2D eigenvalue weighted by Gasteiger charge is -2.24. The minimum Gasteiger partial charge on any atom is -0.497 e. The fraction of sp³-hybridized carbons (Fsp3) is 0.167. The van der Waals surface area contributed by atoms with Crippen LogP contribution in [0.25, 0.3) is 16.9 Å². The Kier molecular flexibility index (Phi) is 5.59. The molecule has 0 bridgehead atoms. The SMILES string of the molecule is COc1ccc(CN(Cc2ccc(OC)cc2)c2ncnn3c(-c4cn[nH]c4)cnc23)cc1. The minimum atomic E-state index is 0.636. The molecular weight excluding hydrogens is 418 g/mol. The van der Waals surface area contributed by atoms with Gasteiger partial charge in [0.1, 0.15) is 17.8 Å². The minimum absolute atomic E-state index is 0.636. The molecule has 0 radical (unpaired) electrons. The van der Waals surface area contributed by atoms with Crippen LogP contribution in [0.2, 0.25) is 0 Å². The van der Waals surface area contributed by atoms with Crippen molar-refractivity contribution in [3.63, 3.8) is 0 Å². The Bertz CT molecular complexity index is 1280. The predicted molar refractivity (Wildman–Crippen MR) is 124 cm³/mol. The van der Waals surface area contributed by atoms with Crippen LogP contribution in [0.4, 0.5) is 5.82 Å². The number of imidazole rings is 1. The van der Waals surface area contributed by atoms with E-state index in [9.17, 15) is 0 Å². The van der Waals surface area contributed by atoms with Gasteiger partial charge in [-0.2, -0.15) is 10.2 Å². The van der Waals surface area contributed by atoms with Gasteiger partial charge in [-0.15, -0.1) is 0 Å². The number of methoxy groups -OCH3 is 2. The first-order valence-electron chi connectivity index (χ1n) is 10.4. The number of hydrogen-bond donors (Lipinski definition) is 1. The van der Waals surface area contributed by atoms with Crippen LogP contribution in [0.1, 0.15) is 11.1 Å². The highest BCUT2D eigenvalue weighted by molar-refractivity contribution is 5.70. The molecule has 33 heavy (non-hydrogen) atoms. The van der Waals surface area contributed by atoms with Crippen LogP contribution in [0.3, 0.4) is 0 Å². The topological polar surface area (TPSA) is 93.5 Å². The first-order chi connectivity index (χ1) is 16.2. The lowest BCUT2D eigenvalue weighted by molar-refractivity contribution is 0.414. The molecule has 0 unspecified atom stereocenters. The fourth-order valence-electron chi connectivity index (χ4n) is 3.72. The van der Waals surface area contributed by atoms with E-state index < -0.39 is 0 Å². The lowest BCUT2D eigenvalue weighted by Crippen LogP contribution is -2.24. The van der Waals surface area contributed by atoms with Crippen molar-refractivity contribution in [2.75, 3.05) is 19.1 Å². The van der Waals surface area contributed by atoms with Crippen LogP contribution in [-0.2, 0) is 13.1 Å². The number of aromatic nitrogens is 6. The number of hydrogen-bond acceptors (Lipinski definition) is 7. The van der Waals surface area contributed by atoms with Gasteiger partial charge in [-0.1, -0.05) is 24.3 Å². The molecule has 3 aromatic heterocycles. The number of benzene rings is 2. The van der Waals surface area contributed by atoms with Gasteiger partial charge in [0, 0.05) is 24.8 Å². The number of anilines is 1. The summed E-state index contributed by atoms with van der Waals surface area (Å²) in [7, 11) is 3.33. The van der Waals surface area contributed by atoms with E-state index in [0.29, 0.717) is 18.7 Å². The molecular formula is C24H23N7O2. The van der Waals surface area contributed by atoms with E-state index in [-0.39, 0.29) is 0 Å². The molecule has 0 atom stereocenters. The summed E-state index contributed by atoms with van der Waals surface area (Å²) < 4.78 is 12.4. The third-order valence-electron chi connectivity index (χ3n) is 5.44. The van der Waals surface area contributed by atoms with Gasteiger partial charge in [-0.3, -0.25) is 5.10 Å². The first kappa shape index (κ1) is 20.5. The van der Waals surface area contributed by atoms with Gasteiger partial charge in [0.15, 0.2) is 11.5 Å². The molecule has 3 heterocycles. The van der Waals surface area contributed by atoms with Crippen molar-refractivity contribution in [2.24, 2.45) is 0 Å². The summed E-state index contributed by atoms with van der Waals surface area (Å²) in [5, 5.41) is 11.3. The summed E-state index contributed by atoms with van der Waals surface area (Å²) >= 11 is 0. The van der Waals surface area contributed by atoms with Gasteiger partial charge in [-0.05, 0) is 35.4 Å². The maximum Gasteiger partial charge on any atom is 0.197 e. The van der Waals surface area contributed by atoms with Gasteiger partial charge in [0.05, 0.1) is 32.3 Å². The molecule has 0 aliphatic carbocycles. The monoisotopic (exact) mass is 441 g/mol. The van der Waals surface area contributed by atoms with E-state index in [4.69, 9.17) is 9.47 Å². The first-order valence-corrected chi connectivity index (χ1v) is 10.4. The average molecular weight is 441 g/mol. The average Bonchev–Trinajstić information content (AvgIpc) is 3.54.